The van der Waals surface area contributed by atoms with Gasteiger partial charge in [-0.2, -0.15) is 11.8 Å². The third kappa shape index (κ3) is 5.53. The van der Waals surface area contributed by atoms with Crippen LogP contribution in [-0.2, 0) is 9.59 Å². The van der Waals surface area contributed by atoms with Gasteiger partial charge in [0.2, 0.25) is 5.91 Å². The minimum atomic E-state index is -1.31. The van der Waals surface area contributed by atoms with Crippen molar-refractivity contribution in [3.63, 3.8) is 0 Å². The number of nitrogens with one attached hydrogen (secondary N) is 1. The number of Topliss-reactive ketones (excluding diaryl/α,β-unsaturated/α-hetero) is 1. The smallest absolute Gasteiger partial charge is 0.244 e. The van der Waals surface area contributed by atoms with Crippen LogP contribution in [0.1, 0.15) is 46.0 Å². The number of ketones is 1. The molecule has 128 valence electrons. The SMILES string of the molecule is CC(C)SCC[C@@H](N)C(O)C(=O)C(C(=O)NN)C1CCCC1. The standard InChI is InChI=1S/C15H29N3O3S/c1-9(2)22-8-7-11(16)13(19)14(20)12(15(21)18-17)10-5-3-4-6-10/h9-13,19H,3-8,16-17H2,1-2H3,(H,18,21)/t11-,12?,13?/m1/s1. The van der Waals surface area contributed by atoms with Crippen LogP contribution in [-0.4, -0.2) is 39.9 Å². The third-order valence-electron chi connectivity index (χ3n) is 4.20. The lowest BCUT2D eigenvalue weighted by molar-refractivity contribution is -0.142. The highest BCUT2D eigenvalue weighted by atomic mass is 32.2. The van der Waals surface area contributed by atoms with Crippen LogP contribution in [0.5, 0.6) is 0 Å². The molecule has 1 rings (SSSR count). The summed E-state index contributed by atoms with van der Waals surface area (Å²) in [4.78, 5) is 24.5. The van der Waals surface area contributed by atoms with E-state index in [-0.39, 0.29) is 5.92 Å². The molecule has 0 saturated heterocycles. The Balaban J connectivity index is 2.64. The second-order valence-electron chi connectivity index (χ2n) is 6.25. The first-order chi connectivity index (χ1) is 10.4. The molecule has 1 aliphatic rings. The molecule has 2 unspecified atom stereocenters. The number of hydrogen-bond donors (Lipinski definition) is 4. The van der Waals surface area contributed by atoms with Gasteiger partial charge in [-0.1, -0.05) is 26.7 Å². The molecule has 3 atom stereocenters. The molecular formula is C15H29N3O3S. The van der Waals surface area contributed by atoms with Gasteiger partial charge in [0.15, 0.2) is 5.78 Å². The second-order valence-corrected chi connectivity index (χ2v) is 7.93. The third-order valence-corrected chi connectivity index (χ3v) is 5.34. The van der Waals surface area contributed by atoms with Crippen LogP contribution in [0.3, 0.4) is 0 Å². The monoisotopic (exact) mass is 331 g/mol. The first-order valence-corrected chi connectivity index (χ1v) is 9.02. The van der Waals surface area contributed by atoms with E-state index < -0.39 is 29.8 Å². The van der Waals surface area contributed by atoms with E-state index in [1.54, 1.807) is 11.8 Å². The molecule has 22 heavy (non-hydrogen) atoms. The van der Waals surface area contributed by atoms with E-state index >= 15 is 0 Å². The Kier molecular flexibility index (Phi) is 8.38. The Labute approximate surface area is 136 Å². The quantitative estimate of drug-likeness (QED) is 0.212. The molecular weight excluding hydrogens is 302 g/mol. The molecule has 6 nitrogen and oxygen atoms in total. The molecule has 0 aromatic rings. The molecule has 1 amide bonds. The van der Waals surface area contributed by atoms with E-state index in [4.69, 9.17) is 11.6 Å². The van der Waals surface area contributed by atoms with E-state index in [2.05, 4.69) is 19.3 Å². The molecule has 0 aliphatic heterocycles. The molecule has 1 fully saturated rings. The number of hydrazine groups is 1. The normalized spacial score (nSPS) is 19.9. The maximum Gasteiger partial charge on any atom is 0.244 e. The summed E-state index contributed by atoms with van der Waals surface area (Å²) in [6.07, 6.45) is 2.86. The Morgan fingerprint density at radius 1 is 1.32 bits per heavy atom. The predicted molar refractivity (Wildman–Crippen MR) is 89.0 cm³/mol. The zero-order valence-corrected chi connectivity index (χ0v) is 14.3. The Morgan fingerprint density at radius 2 is 1.91 bits per heavy atom. The number of thioether (sulfide) groups is 1. The topological polar surface area (TPSA) is 118 Å². The van der Waals surface area contributed by atoms with Crippen molar-refractivity contribution in [3.05, 3.63) is 0 Å². The van der Waals surface area contributed by atoms with Crippen molar-refractivity contribution in [1.82, 2.24) is 5.43 Å². The maximum atomic E-state index is 12.5. The van der Waals surface area contributed by atoms with Gasteiger partial charge in [0, 0.05) is 6.04 Å². The summed E-state index contributed by atoms with van der Waals surface area (Å²) in [6.45, 7) is 4.17. The zero-order chi connectivity index (χ0) is 16.7. The van der Waals surface area contributed by atoms with Crippen molar-refractivity contribution in [2.45, 2.75) is 63.3 Å². The van der Waals surface area contributed by atoms with Crippen molar-refractivity contribution < 1.29 is 14.7 Å². The van der Waals surface area contributed by atoms with E-state index in [0.29, 0.717) is 11.7 Å². The minimum absolute atomic E-state index is 0.0389. The van der Waals surface area contributed by atoms with Gasteiger partial charge in [0.05, 0.1) is 0 Å². The van der Waals surface area contributed by atoms with Gasteiger partial charge in [-0.05, 0) is 36.2 Å². The summed E-state index contributed by atoms with van der Waals surface area (Å²) in [6, 6.07) is -0.645. The molecule has 0 radical (unpaired) electrons. The summed E-state index contributed by atoms with van der Waals surface area (Å²) >= 11 is 1.73. The van der Waals surface area contributed by atoms with Crippen molar-refractivity contribution in [3.8, 4) is 0 Å². The lowest BCUT2D eigenvalue weighted by Gasteiger charge is -2.25. The first-order valence-electron chi connectivity index (χ1n) is 7.97. The van der Waals surface area contributed by atoms with Crippen LogP contribution in [0.15, 0.2) is 0 Å². The van der Waals surface area contributed by atoms with Gasteiger partial charge in [-0.3, -0.25) is 15.0 Å². The van der Waals surface area contributed by atoms with Crippen LogP contribution >= 0.6 is 11.8 Å². The Hall–Kier alpha value is -0.630. The van der Waals surface area contributed by atoms with Gasteiger partial charge in [-0.15, -0.1) is 0 Å². The van der Waals surface area contributed by atoms with Gasteiger partial charge in [0.25, 0.3) is 0 Å². The second kappa shape index (κ2) is 9.50. The number of nitrogens with two attached hydrogens (primary N) is 2. The first kappa shape index (κ1) is 19.4. The molecule has 0 heterocycles. The molecule has 0 spiro atoms. The number of carbonyl (C=O) groups is 2. The van der Waals surface area contributed by atoms with E-state index in [1.165, 1.54) is 0 Å². The van der Waals surface area contributed by atoms with Crippen LogP contribution in [0.2, 0.25) is 0 Å². The van der Waals surface area contributed by atoms with Crippen molar-refractivity contribution in [2.24, 2.45) is 23.4 Å². The van der Waals surface area contributed by atoms with Crippen molar-refractivity contribution in [1.29, 1.82) is 0 Å². The number of aliphatic hydroxyl groups excluding tert-OH is 1. The van der Waals surface area contributed by atoms with Crippen LogP contribution in [0, 0.1) is 11.8 Å². The molecule has 0 aromatic heterocycles. The summed E-state index contributed by atoms with van der Waals surface area (Å²) < 4.78 is 0. The average Bonchev–Trinajstić information content (AvgIpc) is 2.99. The fourth-order valence-electron chi connectivity index (χ4n) is 2.95. The van der Waals surface area contributed by atoms with Gasteiger partial charge in [-0.25, -0.2) is 5.84 Å². The zero-order valence-electron chi connectivity index (χ0n) is 13.5. The molecule has 7 heteroatoms. The van der Waals surface area contributed by atoms with Crippen LogP contribution in [0.25, 0.3) is 0 Å². The minimum Gasteiger partial charge on any atom is -0.384 e. The highest BCUT2D eigenvalue weighted by molar-refractivity contribution is 7.99. The van der Waals surface area contributed by atoms with Crippen LogP contribution in [0.4, 0.5) is 0 Å². The fraction of sp³-hybridized carbons (Fsp3) is 0.867. The van der Waals surface area contributed by atoms with Gasteiger partial charge >= 0.3 is 0 Å². The molecule has 0 aromatic carbocycles. The summed E-state index contributed by atoms with van der Waals surface area (Å²) in [5, 5.41) is 10.7. The predicted octanol–water partition coefficient (Wildman–Crippen LogP) is 0.572. The van der Waals surface area contributed by atoms with Gasteiger partial charge in [0.1, 0.15) is 12.0 Å². The van der Waals surface area contributed by atoms with E-state index in [9.17, 15) is 14.7 Å². The molecule has 1 aliphatic carbocycles. The van der Waals surface area contributed by atoms with E-state index in [1.807, 2.05) is 0 Å². The Bertz CT molecular complexity index is 373. The van der Waals surface area contributed by atoms with Crippen molar-refractivity contribution >= 4 is 23.5 Å². The number of rotatable bonds is 9. The molecule has 0 bridgehead atoms. The number of carbonyl (C=O) groups excluding carboxylic acids is 2. The maximum absolute atomic E-state index is 12.5. The van der Waals surface area contributed by atoms with Gasteiger partial charge < -0.3 is 10.8 Å². The highest BCUT2D eigenvalue weighted by Gasteiger charge is 2.40. The van der Waals surface area contributed by atoms with Crippen LogP contribution < -0.4 is 17.0 Å². The lowest BCUT2D eigenvalue weighted by atomic mass is 9.83. The number of amides is 1. The largest absolute Gasteiger partial charge is 0.384 e. The number of aliphatic hydroxyl groups is 1. The average molecular weight is 331 g/mol. The summed E-state index contributed by atoms with van der Waals surface area (Å²) in [5.41, 5.74) is 7.99. The number of hydrogen-bond acceptors (Lipinski definition) is 6. The molecule has 6 N–H and O–H groups in total. The fourth-order valence-corrected chi connectivity index (χ4v) is 3.83. The summed E-state index contributed by atoms with van der Waals surface area (Å²) in [5.74, 6) is 4.05. The van der Waals surface area contributed by atoms with E-state index in [0.717, 1.165) is 31.4 Å². The summed E-state index contributed by atoms with van der Waals surface area (Å²) in [7, 11) is 0. The highest BCUT2D eigenvalue weighted by Crippen LogP contribution is 2.33. The lowest BCUT2D eigenvalue weighted by Crippen LogP contribution is -2.50. The Morgan fingerprint density at radius 3 is 2.41 bits per heavy atom. The molecule has 1 saturated carbocycles. The van der Waals surface area contributed by atoms with Crippen molar-refractivity contribution in [2.75, 3.05) is 5.75 Å².